The van der Waals surface area contributed by atoms with Crippen molar-refractivity contribution >= 4 is 11.5 Å². The lowest BCUT2D eigenvalue weighted by Crippen LogP contribution is -2.30. The van der Waals surface area contributed by atoms with E-state index in [1.165, 1.54) is 5.56 Å². The van der Waals surface area contributed by atoms with Crippen LogP contribution in [0.25, 0.3) is 0 Å². The molecule has 0 fully saturated rings. The van der Waals surface area contributed by atoms with Crippen molar-refractivity contribution in [2.24, 2.45) is 0 Å². The first kappa shape index (κ1) is 13.9. The summed E-state index contributed by atoms with van der Waals surface area (Å²) in [6.07, 6.45) is 0. The highest BCUT2D eigenvalue weighted by atomic mass is 16.5. The average molecular weight is 262 g/mol. The molecule has 1 aromatic carbocycles. The van der Waals surface area contributed by atoms with E-state index < -0.39 is 0 Å². The second-order valence-corrected chi connectivity index (χ2v) is 5.29. The number of hydrogen-bond acceptors (Lipinski definition) is 4. The molecule has 0 N–H and O–H groups in total. The number of ether oxygens (including phenoxy) is 1. The Kier molecular flexibility index (Phi) is 4.10. The number of Topliss-reactive ketones (excluding diaryl/α,β-unsaturated/α-hetero) is 1. The number of ketones is 1. The molecule has 0 aliphatic carbocycles. The Labute approximate surface area is 115 Å². The van der Waals surface area contributed by atoms with Crippen LogP contribution in [-0.4, -0.2) is 44.5 Å². The predicted molar refractivity (Wildman–Crippen MR) is 76.9 cm³/mol. The molecule has 0 aromatic heterocycles. The Hall–Kier alpha value is -1.55. The molecule has 0 bridgehead atoms. The topological polar surface area (TPSA) is 32.8 Å². The Morgan fingerprint density at radius 2 is 2.26 bits per heavy atom. The van der Waals surface area contributed by atoms with E-state index in [1.807, 2.05) is 7.05 Å². The molecule has 4 nitrogen and oxygen atoms in total. The molecule has 1 aliphatic heterocycles. The number of rotatable bonds is 4. The molecule has 1 heterocycles. The number of nitrogens with zero attached hydrogens (tertiary/aromatic N) is 2. The van der Waals surface area contributed by atoms with Crippen LogP contribution in [0, 0.1) is 0 Å². The predicted octanol–water partition coefficient (Wildman–Crippen LogP) is 2.10. The molecule has 1 atom stereocenters. The maximum atomic E-state index is 11.2. The summed E-state index contributed by atoms with van der Waals surface area (Å²) in [6.45, 7) is 5.85. The molecule has 2 rings (SSSR count). The van der Waals surface area contributed by atoms with Crippen molar-refractivity contribution in [3.05, 3.63) is 23.8 Å². The van der Waals surface area contributed by atoms with Gasteiger partial charge in [-0.1, -0.05) is 6.07 Å². The Morgan fingerprint density at radius 3 is 2.95 bits per heavy atom. The Balaban J connectivity index is 2.19. The molecule has 0 amide bonds. The monoisotopic (exact) mass is 262 g/mol. The summed E-state index contributed by atoms with van der Waals surface area (Å²) in [5.41, 5.74) is 2.31. The molecule has 4 heteroatoms. The third-order valence-electron chi connectivity index (χ3n) is 3.70. The summed E-state index contributed by atoms with van der Waals surface area (Å²) in [7, 11) is 4.05. The first-order valence-corrected chi connectivity index (χ1v) is 6.66. The molecular weight excluding hydrogens is 240 g/mol. The number of hydrogen-bond donors (Lipinski definition) is 0. The minimum Gasteiger partial charge on any atom is -0.490 e. The van der Waals surface area contributed by atoms with Crippen LogP contribution in [0.2, 0.25) is 0 Å². The first-order chi connectivity index (χ1) is 8.99. The van der Waals surface area contributed by atoms with Gasteiger partial charge in [0, 0.05) is 13.1 Å². The third kappa shape index (κ3) is 3.07. The van der Waals surface area contributed by atoms with Gasteiger partial charge >= 0.3 is 0 Å². The normalized spacial score (nSPS) is 15.9. The number of benzene rings is 1. The van der Waals surface area contributed by atoms with Crippen LogP contribution in [0.3, 0.4) is 0 Å². The lowest BCUT2D eigenvalue weighted by molar-refractivity contribution is -0.118. The summed E-state index contributed by atoms with van der Waals surface area (Å²) < 4.78 is 5.72. The van der Waals surface area contributed by atoms with Gasteiger partial charge in [0.15, 0.2) is 0 Å². The highest BCUT2D eigenvalue weighted by Gasteiger charge is 2.18. The molecule has 0 spiro atoms. The van der Waals surface area contributed by atoms with E-state index in [2.05, 4.69) is 42.0 Å². The quantitative estimate of drug-likeness (QED) is 0.832. The van der Waals surface area contributed by atoms with Gasteiger partial charge in [-0.05, 0) is 38.6 Å². The number of carbonyl (C=O) groups is 1. The van der Waals surface area contributed by atoms with E-state index in [0.29, 0.717) is 6.54 Å². The lowest BCUT2D eigenvalue weighted by Gasteiger charge is -2.30. The molecule has 0 radical (unpaired) electrons. The minimum absolute atomic E-state index is 0.184. The first-order valence-electron chi connectivity index (χ1n) is 6.66. The minimum atomic E-state index is 0.184. The lowest BCUT2D eigenvalue weighted by atomic mass is 10.1. The molecule has 1 aliphatic rings. The van der Waals surface area contributed by atoms with E-state index >= 15 is 0 Å². The molecule has 0 saturated heterocycles. The SMILES string of the molecule is CC(=O)CN(C)C(C)c1ccc2c(c1)OCCN2C. The average Bonchev–Trinajstić information content (AvgIpc) is 2.37. The van der Waals surface area contributed by atoms with Crippen molar-refractivity contribution < 1.29 is 9.53 Å². The highest BCUT2D eigenvalue weighted by molar-refractivity contribution is 5.77. The van der Waals surface area contributed by atoms with Gasteiger partial charge in [0.05, 0.1) is 18.8 Å². The number of likely N-dealkylation sites (N-methyl/N-ethyl adjacent to an activating group) is 2. The van der Waals surface area contributed by atoms with Crippen molar-refractivity contribution in [1.82, 2.24) is 4.90 Å². The van der Waals surface area contributed by atoms with Crippen LogP contribution >= 0.6 is 0 Å². The van der Waals surface area contributed by atoms with Gasteiger partial charge in [-0.3, -0.25) is 9.69 Å². The van der Waals surface area contributed by atoms with Crippen molar-refractivity contribution in [2.75, 3.05) is 38.7 Å². The number of anilines is 1. The smallest absolute Gasteiger partial charge is 0.143 e. The third-order valence-corrected chi connectivity index (χ3v) is 3.70. The van der Waals surface area contributed by atoms with Crippen LogP contribution in [0.5, 0.6) is 5.75 Å². The van der Waals surface area contributed by atoms with Crippen molar-refractivity contribution in [1.29, 1.82) is 0 Å². The van der Waals surface area contributed by atoms with Gasteiger partial charge in [-0.2, -0.15) is 0 Å². The maximum Gasteiger partial charge on any atom is 0.143 e. The summed E-state index contributed by atoms with van der Waals surface area (Å²) in [4.78, 5) is 15.4. The molecule has 1 unspecified atom stereocenters. The van der Waals surface area contributed by atoms with Crippen LogP contribution < -0.4 is 9.64 Å². The highest BCUT2D eigenvalue weighted by Crippen LogP contribution is 2.34. The van der Waals surface area contributed by atoms with E-state index in [9.17, 15) is 4.79 Å². The zero-order valence-electron chi connectivity index (χ0n) is 12.1. The fraction of sp³-hybridized carbons (Fsp3) is 0.533. The zero-order chi connectivity index (χ0) is 14.0. The summed E-state index contributed by atoms with van der Waals surface area (Å²) in [5, 5.41) is 0. The van der Waals surface area contributed by atoms with Crippen LogP contribution in [0.1, 0.15) is 25.5 Å². The van der Waals surface area contributed by atoms with Gasteiger partial charge in [0.2, 0.25) is 0 Å². The van der Waals surface area contributed by atoms with Crippen LogP contribution in [0.4, 0.5) is 5.69 Å². The standard InChI is InChI=1S/C15H22N2O2/c1-11(18)10-17(4)12(2)13-5-6-14-15(9-13)19-8-7-16(14)3/h5-6,9,12H,7-8,10H2,1-4H3. The van der Waals surface area contributed by atoms with E-state index in [1.54, 1.807) is 6.92 Å². The molecule has 0 saturated carbocycles. The van der Waals surface area contributed by atoms with Crippen LogP contribution in [-0.2, 0) is 4.79 Å². The van der Waals surface area contributed by atoms with Gasteiger partial charge in [0.25, 0.3) is 0 Å². The second-order valence-electron chi connectivity index (χ2n) is 5.29. The van der Waals surface area contributed by atoms with Gasteiger partial charge < -0.3 is 9.64 Å². The van der Waals surface area contributed by atoms with Crippen molar-refractivity contribution in [2.45, 2.75) is 19.9 Å². The summed E-state index contributed by atoms with van der Waals surface area (Å²) in [6, 6.07) is 6.50. The van der Waals surface area contributed by atoms with Crippen molar-refractivity contribution in [3.63, 3.8) is 0 Å². The maximum absolute atomic E-state index is 11.2. The van der Waals surface area contributed by atoms with Crippen LogP contribution in [0.15, 0.2) is 18.2 Å². The second kappa shape index (κ2) is 5.61. The number of carbonyl (C=O) groups excluding carboxylic acids is 1. The number of fused-ring (bicyclic) bond motifs is 1. The zero-order valence-corrected chi connectivity index (χ0v) is 12.1. The van der Waals surface area contributed by atoms with E-state index in [-0.39, 0.29) is 11.8 Å². The fourth-order valence-electron chi connectivity index (χ4n) is 2.38. The van der Waals surface area contributed by atoms with E-state index in [0.717, 1.165) is 24.6 Å². The van der Waals surface area contributed by atoms with Gasteiger partial charge in [-0.15, -0.1) is 0 Å². The molecule has 1 aromatic rings. The van der Waals surface area contributed by atoms with E-state index in [4.69, 9.17) is 4.74 Å². The summed E-state index contributed by atoms with van der Waals surface area (Å²) >= 11 is 0. The largest absolute Gasteiger partial charge is 0.490 e. The van der Waals surface area contributed by atoms with Crippen molar-refractivity contribution in [3.8, 4) is 5.75 Å². The Morgan fingerprint density at radius 1 is 1.53 bits per heavy atom. The van der Waals surface area contributed by atoms with Gasteiger partial charge in [0.1, 0.15) is 18.1 Å². The molecule has 19 heavy (non-hydrogen) atoms. The Bertz CT molecular complexity index is 473. The fourth-order valence-corrected chi connectivity index (χ4v) is 2.38. The molecular formula is C15H22N2O2. The van der Waals surface area contributed by atoms with Gasteiger partial charge in [-0.25, -0.2) is 0 Å². The summed E-state index contributed by atoms with van der Waals surface area (Å²) in [5.74, 6) is 1.12. The molecule has 104 valence electrons.